The summed E-state index contributed by atoms with van der Waals surface area (Å²) in [4.78, 5) is 0.201. The molecule has 0 amide bonds. The van der Waals surface area contributed by atoms with Gasteiger partial charge in [0.2, 0.25) is 10.0 Å². The van der Waals surface area contributed by atoms with Crippen molar-refractivity contribution in [1.82, 2.24) is 9.62 Å². The number of hydrogen-bond acceptors (Lipinski definition) is 4. The van der Waals surface area contributed by atoms with E-state index in [2.05, 4.69) is 5.32 Å². The molecule has 136 valence electrons. The highest BCUT2D eigenvalue weighted by Gasteiger charge is 2.34. The molecule has 0 spiro atoms. The smallest absolute Gasteiger partial charge is 0.243 e. The van der Waals surface area contributed by atoms with Gasteiger partial charge in [-0.3, -0.25) is 0 Å². The summed E-state index contributed by atoms with van der Waals surface area (Å²) < 4.78 is 46.1. The predicted molar refractivity (Wildman–Crippen MR) is 96.1 cm³/mol. The summed E-state index contributed by atoms with van der Waals surface area (Å²) in [5, 5.41) is 3.18. The van der Waals surface area contributed by atoms with Gasteiger partial charge in [0.25, 0.3) is 0 Å². The highest BCUT2D eigenvalue weighted by atomic mass is 35.5. The number of nitrogens with one attached hydrogen (secondary N) is 1. The van der Waals surface area contributed by atoms with E-state index in [-0.39, 0.29) is 23.1 Å². The fourth-order valence-electron chi connectivity index (χ4n) is 2.85. The van der Waals surface area contributed by atoms with Gasteiger partial charge in [0, 0.05) is 19.6 Å². The van der Waals surface area contributed by atoms with E-state index in [1.54, 1.807) is 24.3 Å². The minimum atomic E-state index is -3.68. The number of methoxy groups -OCH3 is 1. The van der Waals surface area contributed by atoms with Crippen LogP contribution in [0.3, 0.4) is 0 Å². The molecule has 5 nitrogen and oxygen atoms in total. The average molecular weight is 387 g/mol. The van der Waals surface area contributed by atoms with Gasteiger partial charge < -0.3 is 10.1 Å². The molecular formula is C17H20ClFN2O3S. The molecule has 0 radical (unpaired) electrons. The molecule has 1 fully saturated rings. The van der Waals surface area contributed by atoms with Gasteiger partial charge in [-0.2, -0.15) is 4.31 Å². The maximum atomic E-state index is 13.5. The first-order valence-corrected chi connectivity index (χ1v) is 9.08. The summed E-state index contributed by atoms with van der Waals surface area (Å²) in [6.07, 6.45) is 0. The Morgan fingerprint density at radius 3 is 2.56 bits per heavy atom. The van der Waals surface area contributed by atoms with Crippen LogP contribution in [0.25, 0.3) is 0 Å². The van der Waals surface area contributed by atoms with Crippen LogP contribution < -0.4 is 10.1 Å². The van der Waals surface area contributed by atoms with Crippen molar-refractivity contribution in [2.75, 3.05) is 26.7 Å². The standard InChI is InChI=1S/C17H19FN2O3S.ClH/c1-23-15-5-7-16(8-6-15)24(21,22)20-10-9-19-12-17(20)13-3-2-4-14(18)11-13;/h2-8,11,17,19H,9-10,12H2,1H3;1H. The quantitative estimate of drug-likeness (QED) is 0.877. The number of rotatable bonds is 4. The number of piperazine rings is 1. The molecule has 1 aliphatic heterocycles. The topological polar surface area (TPSA) is 58.6 Å². The summed E-state index contributed by atoms with van der Waals surface area (Å²) in [6.45, 7) is 1.33. The Bertz CT molecular complexity index is 815. The van der Waals surface area contributed by atoms with E-state index in [9.17, 15) is 12.8 Å². The Kier molecular flexibility index (Phi) is 6.40. The zero-order chi connectivity index (χ0) is 17.2. The molecule has 8 heteroatoms. The van der Waals surface area contributed by atoms with Gasteiger partial charge in [0.1, 0.15) is 11.6 Å². The first kappa shape index (κ1) is 19.7. The summed E-state index contributed by atoms with van der Waals surface area (Å²) in [5.41, 5.74) is 0.638. The first-order chi connectivity index (χ1) is 11.5. The van der Waals surface area contributed by atoms with E-state index >= 15 is 0 Å². The molecule has 1 heterocycles. The van der Waals surface area contributed by atoms with Crippen LogP contribution in [0.2, 0.25) is 0 Å². The van der Waals surface area contributed by atoms with Gasteiger partial charge in [-0.25, -0.2) is 12.8 Å². The first-order valence-electron chi connectivity index (χ1n) is 7.64. The summed E-state index contributed by atoms with van der Waals surface area (Å²) in [7, 11) is -2.15. The van der Waals surface area contributed by atoms with Crippen LogP contribution in [0.4, 0.5) is 4.39 Å². The van der Waals surface area contributed by atoms with Crippen LogP contribution in [0, 0.1) is 5.82 Å². The second-order valence-corrected chi connectivity index (χ2v) is 7.46. The molecule has 2 aromatic carbocycles. The average Bonchev–Trinajstić information content (AvgIpc) is 2.62. The normalized spacial score (nSPS) is 18.4. The van der Waals surface area contributed by atoms with Crippen molar-refractivity contribution < 1.29 is 17.5 Å². The molecule has 0 aliphatic carbocycles. The molecule has 1 atom stereocenters. The van der Waals surface area contributed by atoms with Crippen molar-refractivity contribution in [3.8, 4) is 5.75 Å². The third-order valence-corrected chi connectivity index (χ3v) is 6.02. The van der Waals surface area contributed by atoms with Crippen LogP contribution in [-0.4, -0.2) is 39.5 Å². The van der Waals surface area contributed by atoms with Crippen molar-refractivity contribution >= 4 is 22.4 Å². The van der Waals surface area contributed by atoms with Crippen LogP contribution in [0.1, 0.15) is 11.6 Å². The van der Waals surface area contributed by atoms with Crippen molar-refractivity contribution in [3.63, 3.8) is 0 Å². The van der Waals surface area contributed by atoms with Crippen LogP contribution in [-0.2, 0) is 10.0 Å². The predicted octanol–water partition coefficient (Wildman–Crippen LogP) is 2.59. The molecule has 3 rings (SSSR count). The summed E-state index contributed by atoms with van der Waals surface area (Å²) >= 11 is 0. The van der Waals surface area contributed by atoms with Crippen molar-refractivity contribution in [1.29, 1.82) is 0 Å². The second kappa shape index (κ2) is 8.14. The largest absolute Gasteiger partial charge is 0.497 e. The van der Waals surface area contributed by atoms with Crippen LogP contribution in [0.15, 0.2) is 53.4 Å². The third kappa shape index (κ3) is 4.12. The number of benzene rings is 2. The van der Waals surface area contributed by atoms with E-state index in [4.69, 9.17) is 4.74 Å². The van der Waals surface area contributed by atoms with E-state index in [1.807, 2.05) is 0 Å². The Morgan fingerprint density at radius 2 is 1.92 bits per heavy atom. The van der Waals surface area contributed by atoms with Crippen molar-refractivity contribution in [3.05, 3.63) is 59.9 Å². The molecule has 1 unspecified atom stereocenters. The van der Waals surface area contributed by atoms with Gasteiger partial charge in [-0.1, -0.05) is 12.1 Å². The molecular weight excluding hydrogens is 367 g/mol. The van der Waals surface area contributed by atoms with Gasteiger partial charge in [0.15, 0.2) is 0 Å². The van der Waals surface area contributed by atoms with Gasteiger partial charge in [-0.05, 0) is 42.0 Å². The van der Waals surface area contributed by atoms with Gasteiger partial charge in [0.05, 0.1) is 18.0 Å². The lowest BCUT2D eigenvalue weighted by Crippen LogP contribution is -2.48. The molecule has 1 N–H and O–H groups in total. The molecule has 25 heavy (non-hydrogen) atoms. The fourth-order valence-corrected chi connectivity index (χ4v) is 4.47. The zero-order valence-corrected chi connectivity index (χ0v) is 15.3. The zero-order valence-electron chi connectivity index (χ0n) is 13.7. The molecule has 0 saturated carbocycles. The number of hydrogen-bond donors (Lipinski definition) is 1. The fraction of sp³-hybridized carbons (Fsp3) is 0.294. The molecule has 1 aliphatic rings. The maximum absolute atomic E-state index is 13.5. The Morgan fingerprint density at radius 1 is 1.20 bits per heavy atom. The van der Waals surface area contributed by atoms with Crippen molar-refractivity contribution in [2.45, 2.75) is 10.9 Å². The van der Waals surface area contributed by atoms with E-state index in [1.165, 1.54) is 35.7 Å². The monoisotopic (exact) mass is 386 g/mol. The minimum absolute atomic E-state index is 0. The second-order valence-electron chi connectivity index (χ2n) is 5.57. The Balaban J connectivity index is 0.00000225. The van der Waals surface area contributed by atoms with Gasteiger partial charge in [-0.15, -0.1) is 12.4 Å². The lowest BCUT2D eigenvalue weighted by Gasteiger charge is -2.35. The third-order valence-electron chi connectivity index (χ3n) is 4.09. The molecule has 2 aromatic rings. The van der Waals surface area contributed by atoms with Gasteiger partial charge >= 0.3 is 0 Å². The lowest BCUT2D eigenvalue weighted by molar-refractivity contribution is 0.271. The van der Waals surface area contributed by atoms with E-state index in [0.717, 1.165) is 0 Å². The SMILES string of the molecule is COc1ccc(S(=O)(=O)N2CCNCC2c2cccc(F)c2)cc1.Cl. The Hall–Kier alpha value is -1.67. The number of nitrogens with zero attached hydrogens (tertiary/aromatic N) is 1. The Labute approximate surface area is 153 Å². The van der Waals surface area contributed by atoms with Crippen molar-refractivity contribution in [2.24, 2.45) is 0 Å². The maximum Gasteiger partial charge on any atom is 0.243 e. The highest BCUT2D eigenvalue weighted by molar-refractivity contribution is 7.89. The highest BCUT2D eigenvalue weighted by Crippen LogP contribution is 2.29. The molecule has 0 aromatic heterocycles. The number of sulfonamides is 1. The molecule has 0 bridgehead atoms. The molecule has 1 saturated heterocycles. The minimum Gasteiger partial charge on any atom is -0.497 e. The summed E-state index contributed by atoms with van der Waals surface area (Å²) in [5.74, 6) is 0.218. The van der Waals surface area contributed by atoms with Crippen LogP contribution in [0.5, 0.6) is 5.75 Å². The van der Waals surface area contributed by atoms with E-state index < -0.39 is 16.1 Å². The number of halogens is 2. The lowest BCUT2D eigenvalue weighted by atomic mass is 10.1. The van der Waals surface area contributed by atoms with E-state index in [0.29, 0.717) is 30.9 Å². The van der Waals surface area contributed by atoms with Crippen LogP contribution >= 0.6 is 12.4 Å². The summed E-state index contributed by atoms with van der Waals surface area (Å²) in [6, 6.07) is 11.9. The number of ether oxygens (including phenoxy) is 1.